The second-order valence-electron chi connectivity index (χ2n) is 6.10. The van der Waals surface area contributed by atoms with Crippen LogP contribution in [0.4, 0.5) is 5.69 Å². The Balaban J connectivity index is 1.57. The van der Waals surface area contributed by atoms with Gasteiger partial charge in [-0.25, -0.2) is 0 Å². The van der Waals surface area contributed by atoms with Crippen LogP contribution in [0.5, 0.6) is 0 Å². The number of benzene rings is 1. The molecule has 1 aromatic rings. The fourth-order valence-corrected chi connectivity index (χ4v) is 3.00. The molecule has 0 spiro atoms. The lowest BCUT2D eigenvalue weighted by Gasteiger charge is -2.36. The molecule has 1 aromatic carbocycles. The average Bonchev–Trinajstić information content (AvgIpc) is 3.24. The summed E-state index contributed by atoms with van der Waals surface area (Å²) >= 11 is 0. The first kappa shape index (κ1) is 12.9. The van der Waals surface area contributed by atoms with Crippen LogP contribution in [0.3, 0.4) is 0 Å². The molecule has 0 radical (unpaired) electrons. The van der Waals surface area contributed by atoms with Crippen LogP contribution in [0.25, 0.3) is 0 Å². The first-order valence-electron chi connectivity index (χ1n) is 7.56. The Morgan fingerprint density at radius 2 is 1.74 bits per heavy atom. The highest BCUT2D eigenvalue weighted by Crippen LogP contribution is 2.28. The fourth-order valence-electron chi connectivity index (χ4n) is 3.00. The third-order valence-electron chi connectivity index (χ3n) is 4.24. The molecule has 0 amide bonds. The standard InChI is InChI=1S/C16H25N3/c1-13(17)12-14-2-4-15(5-3-14)18-8-10-19(11-9-18)16-6-7-16/h2-5,13,16H,6-12,17H2,1H3. The minimum atomic E-state index is 0.243. The van der Waals surface area contributed by atoms with Crippen LogP contribution in [0.1, 0.15) is 25.3 Å². The molecule has 3 heteroatoms. The van der Waals surface area contributed by atoms with E-state index < -0.39 is 0 Å². The first-order valence-corrected chi connectivity index (χ1v) is 7.56. The maximum Gasteiger partial charge on any atom is 0.0367 e. The summed E-state index contributed by atoms with van der Waals surface area (Å²) in [6.45, 7) is 6.86. The summed E-state index contributed by atoms with van der Waals surface area (Å²) in [5, 5.41) is 0. The number of rotatable bonds is 4. The molecule has 1 saturated heterocycles. The molecule has 19 heavy (non-hydrogen) atoms. The smallest absolute Gasteiger partial charge is 0.0367 e. The van der Waals surface area contributed by atoms with E-state index in [1.54, 1.807) is 0 Å². The summed E-state index contributed by atoms with van der Waals surface area (Å²) in [5.41, 5.74) is 8.55. The van der Waals surface area contributed by atoms with Crippen molar-refractivity contribution in [1.29, 1.82) is 0 Å². The molecule has 104 valence electrons. The normalized spacial score (nSPS) is 22.5. The van der Waals surface area contributed by atoms with Gasteiger partial charge in [-0.05, 0) is 43.9 Å². The van der Waals surface area contributed by atoms with Crippen LogP contribution >= 0.6 is 0 Å². The molecular formula is C16H25N3. The zero-order valence-corrected chi connectivity index (χ0v) is 11.9. The van der Waals surface area contributed by atoms with Crippen LogP contribution in [0.15, 0.2) is 24.3 Å². The Morgan fingerprint density at radius 3 is 2.26 bits per heavy atom. The maximum atomic E-state index is 5.84. The Kier molecular flexibility index (Phi) is 3.76. The van der Waals surface area contributed by atoms with Gasteiger partial charge in [0.1, 0.15) is 0 Å². The van der Waals surface area contributed by atoms with Gasteiger partial charge in [0.05, 0.1) is 0 Å². The summed E-state index contributed by atoms with van der Waals surface area (Å²) in [5.74, 6) is 0. The Bertz CT molecular complexity index is 401. The largest absolute Gasteiger partial charge is 0.369 e. The molecule has 0 aromatic heterocycles. The fraction of sp³-hybridized carbons (Fsp3) is 0.625. The van der Waals surface area contributed by atoms with Gasteiger partial charge in [0.2, 0.25) is 0 Å². The van der Waals surface area contributed by atoms with E-state index in [1.165, 1.54) is 50.3 Å². The lowest BCUT2D eigenvalue weighted by atomic mass is 10.1. The predicted octanol–water partition coefficient (Wildman–Crippen LogP) is 1.86. The summed E-state index contributed by atoms with van der Waals surface area (Å²) < 4.78 is 0. The van der Waals surface area contributed by atoms with Gasteiger partial charge < -0.3 is 10.6 Å². The van der Waals surface area contributed by atoms with E-state index in [9.17, 15) is 0 Å². The Labute approximate surface area is 116 Å². The number of piperazine rings is 1. The van der Waals surface area contributed by atoms with Gasteiger partial charge in [-0.3, -0.25) is 4.90 Å². The lowest BCUT2D eigenvalue weighted by molar-refractivity contribution is 0.248. The quantitative estimate of drug-likeness (QED) is 0.896. The molecule has 1 aliphatic heterocycles. The molecule has 1 unspecified atom stereocenters. The zero-order chi connectivity index (χ0) is 13.2. The van der Waals surface area contributed by atoms with E-state index in [-0.39, 0.29) is 6.04 Å². The zero-order valence-electron chi connectivity index (χ0n) is 11.9. The number of nitrogens with two attached hydrogens (primary N) is 1. The van der Waals surface area contributed by atoms with Gasteiger partial charge in [0.15, 0.2) is 0 Å². The molecule has 3 nitrogen and oxygen atoms in total. The topological polar surface area (TPSA) is 32.5 Å². The summed E-state index contributed by atoms with van der Waals surface area (Å²) in [6.07, 6.45) is 3.81. The predicted molar refractivity (Wildman–Crippen MR) is 80.6 cm³/mol. The Morgan fingerprint density at radius 1 is 1.11 bits per heavy atom. The molecule has 2 aliphatic rings. The van der Waals surface area contributed by atoms with Gasteiger partial charge in [-0.15, -0.1) is 0 Å². The van der Waals surface area contributed by atoms with E-state index in [0.717, 1.165) is 12.5 Å². The van der Waals surface area contributed by atoms with Crippen molar-refractivity contribution in [3.63, 3.8) is 0 Å². The van der Waals surface area contributed by atoms with Crippen LogP contribution in [0.2, 0.25) is 0 Å². The van der Waals surface area contributed by atoms with Gasteiger partial charge in [-0.1, -0.05) is 12.1 Å². The third-order valence-corrected chi connectivity index (χ3v) is 4.24. The summed E-state index contributed by atoms with van der Waals surface area (Å²) in [7, 11) is 0. The van der Waals surface area contributed by atoms with Crippen molar-refractivity contribution < 1.29 is 0 Å². The van der Waals surface area contributed by atoms with Crippen LogP contribution in [-0.4, -0.2) is 43.2 Å². The van der Waals surface area contributed by atoms with E-state index >= 15 is 0 Å². The van der Waals surface area contributed by atoms with Crippen molar-refractivity contribution >= 4 is 5.69 Å². The van der Waals surface area contributed by atoms with Crippen LogP contribution < -0.4 is 10.6 Å². The Hall–Kier alpha value is -1.06. The van der Waals surface area contributed by atoms with Crippen molar-refractivity contribution in [2.75, 3.05) is 31.1 Å². The second kappa shape index (κ2) is 5.51. The van der Waals surface area contributed by atoms with Crippen molar-refractivity contribution in [3.05, 3.63) is 29.8 Å². The number of anilines is 1. The van der Waals surface area contributed by atoms with Crippen molar-refractivity contribution in [1.82, 2.24) is 4.90 Å². The SMILES string of the molecule is CC(N)Cc1ccc(N2CCN(C3CC3)CC2)cc1. The van der Waals surface area contributed by atoms with Crippen molar-refractivity contribution in [2.45, 2.75) is 38.3 Å². The highest BCUT2D eigenvalue weighted by molar-refractivity contribution is 5.48. The minimum Gasteiger partial charge on any atom is -0.369 e. The third kappa shape index (κ3) is 3.28. The van der Waals surface area contributed by atoms with Gasteiger partial charge in [-0.2, -0.15) is 0 Å². The molecular weight excluding hydrogens is 234 g/mol. The van der Waals surface area contributed by atoms with E-state index in [2.05, 4.69) is 41.0 Å². The number of hydrogen-bond acceptors (Lipinski definition) is 3. The monoisotopic (exact) mass is 259 g/mol. The lowest BCUT2D eigenvalue weighted by Crippen LogP contribution is -2.47. The van der Waals surface area contributed by atoms with E-state index in [0.29, 0.717) is 0 Å². The summed E-state index contributed by atoms with van der Waals surface area (Å²) in [6, 6.07) is 10.1. The minimum absolute atomic E-state index is 0.243. The van der Waals surface area contributed by atoms with Crippen molar-refractivity contribution in [2.24, 2.45) is 5.73 Å². The molecule has 1 aliphatic carbocycles. The summed E-state index contributed by atoms with van der Waals surface area (Å²) in [4.78, 5) is 5.16. The van der Waals surface area contributed by atoms with Gasteiger partial charge in [0, 0.05) is 44.0 Å². The molecule has 2 N–H and O–H groups in total. The molecule has 3 rings (SSSR count). The maximum absolute atomic E-state index is 5.84. The number of nitrogens with zero attached hydrogens (tertiary/aromatic N) is 2. The van der Waals surface area contributed by atoms with E-state index in [1.807, 2.05) is 0 Å². The number of hydrogen-bond donors (Lipinski definition) is 1. The molecule has 1 atom stereocenters. The molecule has 0 bridgehead atoms. The highest BCUT2D eigenvalue weighted by Gasteiger charge is 2.31. The van der Waals surface area contributed by atoms with Crippen LogP contribution in [-0.2, 0) is 6.42 Å². The van der Waals surface area contributed by atoms with E-state index in [4.69, 9.17) is 5.73 Å². The van der Waals surface area contributed by atoms with Crippen molar-refractivity contribution in [3.8, 4) is 0 Å². The first-order chi connectivity index (χ1) is 9.22. The molecule has 1 saturated carbocycles. The van der Waals surface area contributed by atoms with Gasteiger partial charge >= 0.3 is 0 Å². The highest BCUT2D eigenvalue weighted by atomic mass is 15.3. The molecule has 2 fully saturated rings. The van der Waals surface area contributed by atoms with Crippen LogP contribution in [0, 0.1) is 0 Å². The average molecular weight is 259 g/mol. The molecule has 1 heterocycles. The van der Waals surface area contributed by atoms with Gasteiger partial charge in [0.25, 0.3) is 0 Å². The second-order valence-corrected chi connectivity index (χ2v) is 6.10.